The molecule has 1 unspecified atom stereocenters. The maximum Gasteiger partial charge on any atom is 0.136 e. The van der Waals surface area contributed by atoms with Crippen LogP contribution < -0.4 is 0 Å². The van der Waals surface area contributed by atoms with Crippen molar-refractivity contribution >= 4 is 11.0 Å². The molecule has 2 heterocycles. The fraction of sp³-hybridized carbons (Fsp3) is 0.647. The van der Waals surface area contributed by atoms with Gasteiger partial charge in [0, 0.05) is 32.7 Å². The van der Waals surface area contributed by atoms with E-state index >= 15 is 0 Å². The summed E-state index contributed by atoms with van der Waals surface area (Å²) in [6.07, 6.45) is 1.55. The van der Waals surface area contributed by atoms with Gasteiger partial charge in [-0.2, -0.15) is 0 Å². The normalized spacial score (nSPS) is 23.4. The first kappa shape index (κ1) is 17.0. The van der Waals surface area contributed by atoms with Crippen molar-refractivity contribution in [1.82, 2.24) is 9.21 Å². The molecular formula is C17H25FN2O2S. The van der Waals surface area contributed by atoms with Gasteiger partial charge in [-0.25, -0.2) is 12.9 Å². The first-order valence-corrected chi connectivity index (χ1v) is 9.45. The van der Waals surface area contributed by atoms with E-state index in [1.54, 1.807) is 0 Å². The lowest BCUT2D eigenvalue weighted by molar-refractivity contribution is -0.0430. The molecule has 2 fully saturated rings. The molecule has 23 heavy (non-hydrogen) atoms. The van der Waals surface area contributed by atoms with E-state index in [2.05, 4.69) is 4.90 Å². The van der Waals surface area contributed by atoms with Crippen LogP contribution in [-0.2, 0) is 22.3 Å². The molecule has 0 saturated carbocycles. The van der Waals surface area contributed by atoms with Gasteiger partial charge in [-0.05, 0) is 24.1 Å². The first-order valence-electron chi connectivity index (χ1n) is 8.34. The molecule has 2 saturated heterocycles. The van der Waals surface area contributed by atoms with Crippen molar-refractivity contribution in [3.05, 3.63) is 29.8 Å². The Bertz CT molecular complexity index is 540. The van der Waals surface area contributed by atoms with Gasteiger partial charge >= 0.3 is 0 Å². The number of ether oxygens (including phenoxy) is 1. The van der Waals surface area contributed by atoms with Gasteiger partial charge in [0.2, 0.25) is 0 Å². The van der Waals surface area contributed by atoms with Crippen LogP contribution in [0.4, 0.5) is 4.39 Å². The summed E-state index contributed by atoms with van der Waals surface area (Å²) in [7, 11) is -1.11. The minimum Gasteiger partial charge on any atom is -0.379 e. The third-order valence-electron chi connectivity index (χ3n) is 4.45. The topological polar surface area (TPSA) is 32.8 Å². The second-order valence-corrected chi connectivity index (χ2v) is 7.97. The van der Waals surface area contributed by atoms with Crippen molar-refractivity contribution in [3.63, 3.8) is 0 Å². The predicted octanol–water partition coefficient (Wildman–Crippen LogP) is 2.37. The Hall–Kier alpha value is -0.820. The number of rotatable bonds is 6. The molecule has 0 aliphatic carbocycles. The average Bonchev–Trinajstić information content (AvgIpc) is 2.54. The van der Waals surface area contributed by atoms with Crippen molar-refractivity contribution in [2.45, 2.75) is 36.9 Å². The molecule has 2 aliphatic rings. The fourth-order valence-electron chi connectivity index (χ4n) is 3.30. The Morgan fingerprint density at radius 1 is 1.22 bits per heavy atom. The van der Waals surface area contributed by atoms with E-state index in [1.165, 1.54) is 0 Å². The van der Waals surface area contributed by atoms with Crippen LogP contribution >= 0.6 is 0 Å². The second kappa shape index (κ2) is 7.38. The molecule has 0 bridgehead atoms. The Morgan fingerprint density at radius 2 is 1.87 bits per heavy atom. The summed E-state index contributed by atoms with van der Waals surface area (Å²) in [5.41, 5.74) is 0.165. The van der Waals surface area contributed by atoms with E-state index in [0.717, 1.165) is 23.4 Å². The van der Waals surface area contributed by atoms with Crippen molar-refractivity contribution < 1.29 is 13.3 Å². The molecule has 0 N–H and O–H groups in total. The van der Waals surface area contributed by atoms with E-state index in [-0.39, 0.29) is 0 Å². The molecule has 1 atom stereocenters. The number of alkyl halides is 1. The average molecular weight is 340 g/mol. The molecule has 0 amide bonds. The number of likely N-dealkylation sites (tertiary alicyclic amines) is 1. The highest BCUT2D eigenvalue weighted by molar-refractivity contribution is 7.82. The van der Waals surface area contributed by atoms with Gasteiger partial charge in [0.05, 0.1) is 18.1 Å². The van der Waals surface area contributed by atoms with E-state index in [0.29, 0.717) is 45.8 Å². The third kappa shape index (κ3) is 4.18. The predicted molar refractivity (Wildman–Crippen MR) is 89.3 cm³/mol. The Labute approximate surface area is 140 Å². The molecule has 0 aromatic heterocycles. The summed E-state index contributed by atoms with van der Waals surface area (Å²) in [4.78, 5) is 2.95. The number of benzene rings is 1. The van der Waals surface area contributed by atoms with Crippen LogP contribution in [-0.4, -0.2) is 58.5 Å². The minimum atomic E-state index is -1.11. The zero-order chi connectivity index (χ0) is 16.3. The van der Waals surface area contributed by atoms with Gasteiger partial charge < -0.3 is 4.74 Å². The molecular weight excluding hydrogens is 315 g/mol. The van der Waals surface area contributed by atoms with Gasteiger partial charge in [0.1, 0.15) is 16.7 Å². The minimum absolute atomic E-state index is 0.530. The highest BCUT2D eigenvalue weighted by atomic mass is 32.2. The first-order chi connectivity index (χ1) is 11.1. The Balaban J connectivity index is 1.52. The van der Waals surface area contributed by atoms with Gasteiger partial charge in [-0.1, -0.05) is 25.5 Å². The van der Waals surface area contributed by atoms with Gasteiger partial charge in [-0.15, -0.1) is 0 Å². The molecule has 4 nitrogen and oxygen atoms in total. The second-order valence-electron chi connectivity index (χ2n) is 6.48. The van der Waals surface area contributed by atoms with E-state index in [1.807, 2.05) is 35.5 Å². The molecule has 0 radical (unpaired) electrons. The molecule has 1 aromatic rings. The fourth-order valence-corrected chi connectivity index (χ4v) is 4.45. The van der Waals surface area contributed by atoms with Crippen LogP contribution in [0.1, 0.15) is 25.3 Å². The van der Waals surface area contributed by atoms with Gasteiger partial charge in [0.25, 0.3) is 0 Å². The standard InChI is InChI=1S/C17H25FN2O2S/c1-2-7-17(18)13-19(14-17)12-15-3-5-16(6-4-15)23(21)20-8-10-22-11-9-20/h3-6H,2,7-14H2,1H3. The van der Waals surface area contributed by atoms with Crippen LogP contribution in [0.15, 0.2) is 29.2 Å². The monoisotopic (exact) mass is 340 g/mol. The third-order valence-corrected chi connectivity index (χ3v) is 5.96. The number of hydrogen-bond acceptors (Lipinski definition) is 3. The van der Waals surface area contributed by atoms with Crippen LogP contribution in [0, 0.1) is 0 Å². The molecule has 0 spiro atoms. The van der Waals surface area contributed by atoms with E-state index in [9.17, 15) is 8.60 Å². The van der Waals surface area contributed by atoms with Crippen LogP contribution in [0.5, 0.6) is 0 Å². The zero-order valence-electron chi connectivity index (χ0n) is 13.7. The summed E-state index contributed by atoms with van der Waals surface area (Å²) in [6.45, 7) is 6.54. The van der Waals surface area contributed by atoms with Gasteiger partial charge in [0.15, 0.2) is 0 Å². The molecule has 3 rings (SSSR count). The number of halogens is 1. The smallest absolute Gasteiger partial charge is 0.136 e. The lowest BCUT2D eigenvalue weighted by atomic mass is 9.91. The molecule has 1 aromatic carbocycles. The highest BCUT2D eigenvalue weighted by Crippen LogP contribution is 2.31. The van der Waals surface area contributed by atoms with E-state index < -0.39 is 16.7 Å². The van der Waals surface area contributed by atoms with Crippen LogP contribution in [0.3, 0.4) is 0 Å². The largest absolute Gasteiger partial charge is 0.379 e. The summed E-state index contributed by atoms with van der Waals surface area (Å²) in [5, 5.41) is 0. The quantitative estimate of drug-likeness (QED) is 0.797. The number of nitrogens with zero attached hydrogens (tertiary/aromatic N) is 2. The lowest BCUT2D eigenvalue weighted by Crippen LogP contribution is -2.58. The van der Waals surface area contributed by atoms with Gasteiger partial charge in [-0.3, -0.25) is 4.90 Å². The lowest BCUT2D eigenvalue weighted by Gasteiger charge is -2.44. The van der Waals surface area contributed by atoms with Crippen LogP contribution in [0.2, 0.25) is 0 Å². The summed E-state index contributed by atoms with van der Waals surface area (Å²) in [5.74, 6) is 0. The Kier molecular flexibility index (Phi) is 5.46. The number of hydrogen-bond donors (Lipinski definition) is 0. The highest BCUT2D eigenvalue weighted by Gasteiger charge is 2.42. The zero-order valence-corrected chi connectivity index (χ0v) is 14.5. The van der Waals surface area contributed by atoms with Crippen molar-refractivity contribution in [2.24, 2.45) is 0 Å². The Morgan fingerprint density at radius 3 is 2.48 bits per heavy atom. The van der Waals surface area contributed by atoms with E-state index in [4.69, 9.17) is 4.74 Å². The summed E-state index contributed by atoms with van der Waals surface area (Å²) < 4.78 is 33.8. The SMILES string of the molecule is CCCC1(F)CN(Cc2ccc(S(=O)N3CCOCC3)cc2)C1. The van der Waals surface area contributed by atoms with Crippen molar-refractivity contribution in [2.75, 3.05) is 39.4 Å². The number of morpholine rings is 1. The molecule has 6 heteroatoms. The van der Waals surface area contributed by atoms with Crippen molar-refractivity contribution in [1.29, 1.82) is 0 Å². The molecule has 128 valence electrons. The summed E-state index contributed by atoms with van der Waals surface area (Å²) in [6, 6.07) is 7.86. The van der Waals surface area contributed by atoms with Crippen LogP contribution in [0.25, 0.3) is 0 Å². The maximum absolute atomic E-state index is 14.1. The molecule has 2 aliphatic heterocycles. The van der Waals surface area contributed by atoms with Crippen molar-refractivity contribution in [3.8, 4) is 0 Å². The summed E-state index contributed by atoms with van der Waals surface area (Å²) >= 11 is 0. The maximum atomic E-state index is 14.1.